The van der Waals surface area contributed by atoms with E-state index in [-0.39, 0.29) is 5.69 Å². The summed E-state index contributed by atoms with van der Waals surface area (Å²) in [5, 5.41) is 23.3. The van der Waals surface area contributed by atoms with Gasteiger partial charge in [0.1, 0.15) is 6.07 Å². The summed E-state index contributed by atoms with van der Waals surface area (Å²) in [5.74, 6) is 0. The molecule has 6 heteroatoms. The van der Waals surface area contributed by atoms with Crippen LogP contribution in [0.25, 0.3) is 0 Å². The molecule has 0 spiro atoms. The Bertz CT molecular complexity index is 606. The molecule has 1 aromatic carbocycles. The third kappa shape index (κ3) is 2.83. The van der Waals surface area contributed by atoms with E-state index in [4.69, 9.17) is 0 Å². The van der Waals surface area contributed by atoms with Crippen LogP contribution < -0.4 is 5.32 Å². The molecule has 21 heavy (non-hydrogen) atoms. The van der Waals surface area contributed by atoms with E-state index in [1.54, 1.807) is 6.07 Å². The number of anilines is 1. The molecule has 2 atom stereocenters. The van der Waals surface area contributed by atoms with Gasteiger partial charge in [-0.3, -0.25) is 15.0 Å². The van der Waals surface area contributed by atoms with Crippen LogP contribution in [0.5, 0.6) is 0 Å². The molecule has 110 valence electrons. The van der Waals surface area contributed by atoms with Crippen molar-refractivity contribution in [3.05, 3.63) is 33.9 Å². The summed E-state index contributed by atoms with van der Waals surface area (Å²) >= 11 is 0. The molecule has 2 unspecified atom stereocenters. The van der Waals surface area contributed by atoms with Gasteiger partial charge in [-0.25, -0.2) is 0 Å². The smallest absolute Gasteiger partial charge is 0.270 e. The van der Waals surface area contributed by atoms with E-state index >= 15 is 0 Å². The van der Waals surface area contributed by atoms with E-state index in [9.17, 15) is 15.4 Å². The Morgan fingerprint density at radius 1 is 1.48 bits per heavy atom. The molecular weight excluding hydrogens is 268 g/mol. The van der Waals surface area contributed by atoms with Gasteiger partial charge in [0.25, 0.3) is 5.69 Å². The number of non-ortho nitro benzene ring substituents is 1. The molecule has 2 fully saturated rings. The molecular formula is C15H18N4O2. The van der Waals surface area contributed by atoms with Crippen LogP contribution in [0.4, 0.5) is 11.4 Å². The first kappa shape index (κ1) is 13.8. The van der Waals surface area contributed by atoms with Gasteiger partial charge in [0.15, 0.2) is 0 Å². The molecule has 1 aromatic rings. The second kappa shape index (κ2) is 5.34. The number of nitrogens with one attached hydrogen (secondary N) is 1. The molecule has 1 saturated heterocycles. The molecule has 0 aromatic heterocycles. The van der Waals surface area contributed by atoms with Crippen molar-refractivity contribution in [3.63, 3.8) is 0 Å². The molecule has 1 N–H and O–H groups in total. The average Bonchev–Trinajstić information content (AvgIpc) is 3.23. The number of nitriles is 1. The molecule has 0 radical (unpaired) electrons. The minimum atomic E-state index is -0.475. The maximum atomic E-state index is 10.8. The zero-order chi connectivity index (χ0) is 15.0. The van der Waals surface area contributed by atoms with Crippen molar-refractivity contribution in [2.75, 3.05) is 11.9 Å². The summed E-state index contributed by atoms with van der Waals surface area (Å²) in [6, 6.07) is 8.05. The van der Waals surface area contributed by atoms with Gasteiger partial charge < -0.3 is 5.32 Å². The molecule has 1 saturated carbocycles. The Kier molecular flexibility index (Phi) is 3.52. The minimum absolute atomic E-state index is 0.0449. The number of hydrogen-bond donors (Lipinski definition) is 1. The summed E-state index contributed by atoms with van der Waals surface area (Å²) in [5.41, 5.74) is 0.983. The van der Waals surface area contributed by atoms with Gasteiger partial charge in [0.2, 0.25) is 0 Å². The zero-order valence-electron chi connectivity index (χ0n) is 12.0. The first-order chi connectivity index (χ1) is 10.1. The lowest BCUT2D eigenvalue weighted by Crippen LogP contribution is -2.31. The van der Waals surface area contributed by atoms with Crippen molar-refractivity contribution in [2.45, 2.75) is 44.3 Å². The Morgan fingerprint density at radius 3 is 2.86 bits per heavy atom. The number of nitro groups is 1. The van der Waals surface area contributed by atoms with Crippen molar-refractivity contribution in [2.24, 2.45) is 0 Å². The molecule has 1 heterocycles. The second-order valence-corrected chi connectivity index (χ2v) is 5.95. The Balaban J connectivity index is 1.73. The largest absolute Gasteiger partial charge is 0.380 e. The zero-order valence-corrected chi connectivity index (χ0v) is 12.0. The number of hydrogen-bond acceptors (Lipinski definition) is 5. The van der Waals surface area contributed by atoms with Crippen LogP contribution in [0.15, 0.2) is 18.2 Å². The van der Waals surface area contributed by atoms with E-state index in [2.05, 4.69) is 17.1 Å². The second-order valence-electron chi connectivity index (χ2n) is 5.95. The van der Waals surface area contributed by atoms with Crippen LogP contribution in [-0.2, 0) is 0 Å². The molecule has 6 nitrogen and oxygen atoms in total. The normalized spacial score (nSPS) is 25.5. The monoisotopic (exact) mass is 286 g/mol. The van der Waals surface area contributed by atoms with Crippen LogP contribution in [0.2, 0.25) is 0 Å². The third-order valence-electron chi connectivity index (χ3n) is 4.33. The van der Waals surface area contributed by atoms with Gasteiger partial charge in [-0.2, -0.15) is 5.26 Å². The Morgan fingerprint density at radius 2 is 2.24 bits per heavy atom. The predicted molar refractivity (Wildman–Crippen MR) is 79.0 cm³/mol. The average molecular weight is 286 g/mol. The highest BCUT2D eigenvalue weighted by Crippen LogP contribution is 2.34. The van der Waals surface area contributed by atoms with Gasteiger partial charge in [-0.15, -0.1) is 0 Å². The Labute approximate surface area is 123 Å². The van der Waals surface area contributed by atoms with E-state index in [1.807, 2.05) is 6.07 Å². The fourth-order valence-electron chi connectivity index (χ4n) is 3.16. The highest BCUT2D eigenvalue weighted by atomic mass is 16.6. The molecule has 3 rings (SSSR count). The van der Waals surface area contributed by atoms with E-state index < -0.39 is 4.92 Å². The topological polar surface area (TPSA) is 82.2 Å². The maximum absolute atomic E-state index is 10.8. The van der Waals surface area contributed by atoms with Gasteiger partial charge in [0, 0.05) is 36.8 Å². The SMILES string of the molecule is CC1CC(Nc2ccc([N+](=O)[O-])cc2C#N)CN1C1CC1. The van der Waals surface area contributed by atoms with E-state index in [0.717, 1.165) is 19.0 Å². The third-order valence-corrected chi connectivity index (χ3v) is 4.33. The molecule has 2 aliphatic rings. The van der Waals surface area contributed by atoms with Crippen LogP contribution in [0.3, 0.4) is 0 Å². The highest BCUT2D eigenvalue weighted by molar-refractivity contribution is 5.61. The van der Waals surface area contributed by atoms with Crippen LogP contribution in [0, 0.1) is 21.4 Å². The fraction of sp³-hybridized carbons (Fsp3) is 0.533. The van der Waals surface area contributed by atoms with Crippen LogP contribution in [0.1, 0.15) is 31.7 Å². The summed E-state index contributed by atoms with van der Waals surface area (Å²) in [4.78, 5) is 12.8. The van der Waals surface area contributed by atoms with Crippen LogP contribution in [-0.4, -0.2) is 34.5 Å². The number of likely N-dealkylation sites (tertiary alicyclic amines) is 1. The summed E-state index contributed by atoms with van der Waals surface area (Å²) < 4.78 is 0. The summed E-state index contributed by atoms with van der Waals surface area (Å²) in [6.45, 7) is 3.22. The Hall–Kier alpha value is -2.13. The van der Waals surface area contributed by atoms with E-state index in [1.165, 1.54) is 25.0 Å². The molecule has 1 aliphatic carbocycles. The van der Waals surface area contributed by atoms with Crippen molar-refractivity contribution in [3.8, 4) is 6.07 Å². The summed E-state index contributed by atoms with van der Waals surface area (Å²) in [6.07, 6.45) is 3.62. The first-order valence-corrected chi connectivity index (χ1v) is 7.29. The van der Waals surface area contributed by atoms with Gasteiger partial charge >= 0.3 is 0 Å². The van der Waals surface area contributed by atoms with Gasteiger partial charge in [-0.1, -0.05) is 0 Å². The fourth-order valence-corrected chi connectivity index (χ4v) is 3.16. The molecule has 0 bridgehead atoms. The quantitative estimate of drug-likeness (QED) is 0.679. The number of nitrogens with zero attached hydrogens (tertiary/aromatic N) is 3. The molecule has 0 amide bonds. The van der Waals surface area contributed by atoms with Gasteiger partial charge in [0.05, 0.1) is 16.2 Å². The standard InChI is InChI=1S/C15H18N4O2/c1-10-6-12(9-18(10)13-2-3-13)17-15-5-4-14(19(20)21)7-11(15)8-16/h4-5,7,10,12-13,17H,2-3,6,9H2,1H3. The number of nitro benzene ring substituents is 1. The lowest BCUT2D eigenvalue weighted by atomic mass is 10.1. The van der Waals surface area contributed by atoms with Crippen molar-refractivity contribution < 1.29 is 4.92 Å². The van der Waals surface area contributed by atoms with Crippen LogP contribution >= 0.6 is 0 Å². The van der Waals surface area contributed by atoms with Crippen molar-refractivity contribution >= 4 is 11.4 Å². The summed E-state index contributed by atoms with van der Waals surface area (Å²) in [7, 11) is 0. The highest BCUT2D eigenvalue weighted by Gasteiger charge is 2.38. The number of benzene rings is 1. The number of rotatable bonds is 4. The van der Waals surface area contributed by atoms with Gasteiger partial charge in [-0.05, 0) is 32.3 Å². The van der Waals surface area contributed by atoms with Crippen molar-refractivity contribution in [1.29, 1.82) is 5.26 Å². The maximum Gasteiger partial charge on any atom is 0.270 e. The van der Waals surface area contributed by atoms with Crippen molar-refractivity contribution in [1.82, 2.24) is 4.90 Å². The van der Waals surface area contributed by atoms with E-state index in [0.29, 0.717) is 23.3 Å². The molecule has 1 aliphatic heterocycles. The first-order valence-electron chi connectivity index (χ1n) is 7.29. The lowest BCUT2D eigenvalue weighted by Gasteiger charge is -2.20. The lowest BCUT2D eigenvalue weighted by molar-refractivity contribution is -0.384. The minimum Gasteiger partial charge on any atom is -0.380 e. The predicted octanol–water partition coefficient (Wildman–Crippen LogP) is 2.50.